The Morgan fingerprint density at radius 3 is 2.88 bits per heavy atom. The lowest BCUT2D eigenvalue weighted by Gasteiger charge is -2.38. The third-order valence-corrected chi connectivity index (χ3v) is 4.49. The van der Waals surface area contributed by atoms with Crippen molar-refractivity contribution in [1.82, 2.24) is 30.0 Å². The van der Waals surface area contributed by atoms with Gasteiger partial charge in [0.1, 0.15) is 17.8 Å². The number of pyridine rings is 1. The highest BCUT2D eigenvalue weighted by Crippen LogP contribution is 2.23. The molecule has 0 atom stereocenters. The second kappa shape index (κ2) is 6.66. The largest absolute Gasteiger partial charge is 0.364 e. The number of carbonyl (C=O) groups is 1. The molecule has 1 aliphatic rings. The van der Waals surface area contributed by atoms with Gasteiger partial charge >= 0.3 is 0 Å². The number of carbonyl (C=O) groups excluding carboxylic acids is 1. The Balaban J connectivity index is 1.28. The maximum atomic E-state index is 12.9. The molecule has 0 saturated carbocycles. The predicted octanol–water partition coefficient (Wildman–Crippen LogP) is 1.94. The number of hydrogen-bond donors (Lipinski definition) is 0. The van der Waals surface area contributed by atoms with E-state index in [1.54, 1.807) is 28.8 Å². The number of aryl methyl sites for hydroxylation is 2. The zero-order chi connectivity index (χ0) is 18.1. The third kappa shape index (κ3) is 3.19. The van der Waals surface area contributed by atoms with Gasteiger partial charge in [0, 0.05) is 25.2 Å². The highest BCUT2D eigenvalue weighted by molar-refractivity contribution is 5.93. The Kier molecular flexibility index (Phi) is 4.19. The van der Waals surface area contributed by atoms with Gasteiger partial charge in [0.25, 0.3) is 5.91 Å². The summed E-state index contributed by atoms with van der Waals surface area (Å²) in [6.45, 7) is 3.90. The highest BCUT2D eigenvalue weighted by atomic mass is 19.1. The first-order valence-corrected chi connectivity index (χ1v) is 8.32. The van der Waals surface area contributed by atoms with Crippen molar-refractivity contribution in [3.05, 3.63) is 47.9 Å². The van der Waals surface area contributed by atoms with Crippen molar-refractivity contribution in [3.63, 3.8) is 0 Å². The standard InChI is InChI=1S/C17H17FN6O2/c1-11-10-26-21-16(11)17(25)23-7-12(8-23)4-5-24-9-15(20-22-24)14-3-2-13(18)6-19-14/h2-3,6,9-10,12H,4-5,7-8H2,1H3. The molecule has 1 saturated heterocycles. The number of aromatic nitrogens is 5. The maximum Gasteiger partial charge on any atom is 0.276 e. The Morgan fingerprint density at radius 1 is 1.35 bits per heavy atom. The van der Waals surface area contributed by atoms with E-state index in [1.807, 2.05) is 0 Å². The lowest BCUT2D eigenvalue weighted by molar-refractivity contribution is 0.0464. The van der Waals surface area contributed by atoms with Crippen LogP contribution in [0.1, 0.15) is 22.5 Å². The van der Waals surface area contributed by atoms with Crippen LogP contribution in [0.5, 0.6) is 0 Å². The van der Waals surface area contributed by atoms with Crippen molar-refractivity contribution in [2.45, 2.75) is 19.9 Å². The van der Waals surface area contributed by atoms with Gasteiger partial charge in [-0.2, -0.15) is 0 Å². The second-order valence-corrected chi connectivity index (χ2v) is 6.44. The van der Waals surface area contributed by atoms with Crippen molar-refractivity contribution in [1.29, 1.82) is 0 Å². The first kappa shape index (κ1) is 16.4. The molecule has 0 N–H and O–H groups in total. The maximum absolute atomic E-state index is 12.9. The van der Waals surface area contributed by atoms with Crippen LogP contribution in [0, 0.1) is 18.7 Å². The van der Waals surface area contributed by atoms with E-state index in [1.165, 1.54) is 12.3 Å². The fourth-order valence-corrected chi connectivity index (χ4v) is 2.93. The molecule has 134 valence electrons. The fourth-order valence-electron chi connectivity index (χ4n) is 2.93. The Bertz CT molecular complexity index is 913. The fraction of sp³-hybridized carbons (Fsp3) is 0.353. The molecule has 1 amide bonds. The Labute approximate surface area is 148 Å². The quantitative estimate of drug-likeness (QED) is 0.694. The number of rotatable bonds is 5. The van der Waals surface area contributed by atoms with Gasteiger partial charge in [-0.15, -0.1) is 5.10 Å². The Morgan fingerprint density at radius 2 is 2.19 bits per heavy atom. The van der Waals surface area contributed by atoms with Gasteiger partial charge in [-0.1, -0.05) is 10.4 Å². The number of amides is 1. The Hall–Kier alpha value is -3.10. The van der Waals surface area contributed by atoms with E-state index < -0.39 is 0 Å². The van der Waals surface area contributed by atoms with Crippen LogP contribution in [0.4, 0.5) is 4.39 Å². The van der Waals surface area contributed by atoms with Crippen LogP contribution >= 0.6 is 0 Å². The minimum Gasteiger partial charge on any atom is -0.364 e. The van der Waals surface area contributed by atoms with E-state index in [0.717, 1.165) is 18.2 Å². The first-order valence-electron chi connectivity index (χ1n) is 8.32. The second-order valence-electron chi connectivity index (χ2n) is 6.44. The number of likely N-dealkylation sites (tertiary alicyclic amines) is 1. The van der Waals surface area contributed by atoms with Crippen molar-refractivity contribution >= 4 is 5.91 Å². The van der Waals surface area contributed by atoms with Gasteiger partial charge in [0.15, 0.2) is 5.69 Å². The molecule has 0 aromatic carbocycles. The summed E-state index contributed by atoms with van der Waals surface area (Å²) in [4.78, 5) is 18.0. The monoisotopic (exact) mass is 356 g/mol. The minimum atomic E-state index is -0.383. The van der Waals surface area contributed by atoms with Crippen molar-refractivity contribution in [3.8, 4) is 11.4 Å². The van der Waals surface area contributed by atoms with E-state index in [9.17, 15) is 9.18 Å². The minimum absolute atomic E-state index is 0.0853. The van der Waals surface area contributed by atoms with E-state index in [-0.39, 0.29) is 11.7 Å². The van der Waals surface area contributed by atoms with Crippen LogP contribution in [0.15, 0.2) is 35.3 Å². The van der Waals surface area contributed by atoms with Gasteiger partial charge in [-0.05, 0) is 31.4 Å². The molecule has 1 aliphatic heterocycles. The van der Waals surface area contributed by atoms with Gasteiger partial charge in [0.2, 0.25) is 0 Å². The molecule has 0 bridgehead atoms. The van der Waals surface area contributed by atoms with Gasteiger partial charge in [-0.25, -0.2) is 4.39 Å². The topological polar surface area (TPSA) is 89.9 Å². The van der Waals surface area contributed by atoms with Crippen LogP contribution < -0.4 is 0 Å². The summed E-state index contributed by atoms with van der Waals surface area (Å²) >= 11 is 0. The van der Waals surface area contributed by atoms with Crippen LogP contribution in [0.2, 0.25) is 0 Å². The lowest BCUT2D eigenvalue weighted by Crippen LogP contribution is -2.50. The summed E-state index contributed by atoms with van der Waals surface area (Å²) in [5.74, 6) is -0.0493. The van der Waals surface area contributed by atoms with Crippen LogP contribution in [-0.4, -0.2) is 49.0 Å². The zero-order valence-corrected chi connectivity index (χ0v) is 14.2. The molecule has 0 aliphatic carbocycles. The van der Waals surface area contributed by atoms with Crippen LogP contribution in [0.25, 0.3) is 11.4 Å². The van der Waals surface area contributed by atoms with Crippen molar-refractivity contribution in [2.75, 3.05) is 13.1 Å². The van der Waals surface area contributed by atoms with Gasteiger partial charge in [0.05, 0.1) is 18.1 Å². The molecule has 0 spiro atoms. The highest BCUT2D eigenvalue weighted by Gasteiger charge is 2.32. The summed E-state index contributed by atoms with van der Waals surface area (Å²) in [6, 6.07) is 2.92. The molecule has 3 aromatic rings. The van der Waals surface area contributed by atoms with Gasteiger partial charge < -0.3 is 9.42 Å². The summed E-state index contributed by atoms with van der Waals surface area (Å²) in [5.41, 5.74) is 2.33. The molecule has 4 rings (SSSR count). The summed E-state index contributed by atoms with van der Waals surface area (Å²) < 4.78 is 19.5. The third-order valence-electron chi connectivity index (χ3n) is 4.49. The molecular weight excluding hydrogens is 339 g/mol. The van der Waals surface area contributed by atoms with E-state index in [0.29, 0.717) is 42.6 Å². The zero-order valence-electron chi connectivity index (χ0n) is 14.2. The lowest BCUT2D eigenvalue weighted by atomic mass is 9.95. The summed E-state index contributed by atoms with van der Waals surface area (Å²) in [6.07, 6.45) is 5.31. The molecule has 0 radical (unpaired) electrons. The van der Waals surface area contributed by atoms with Gasteiger partial charge in [-0.3, -0.25) is 14.5 Å². The van der Waals surface area contributed by atoms with E-state index >= 15 is 0 Å². The number of hydrogen-bond acceptors (Lipinski definition) is 6. The summed E-state index contributed by atoms with van der Waals surface area (Å²) in [7, 11) is 0. The van der Waals surface area contributed by atoms with Crippen LogP contribution in [0.3, 0.4) is 0 Å². The number of halogens is 1. The average Bonchev–Trinajstić information content (AvgIpc) is 3.23. The first-order chi connectivity index (χ1) is 12.6. The molecule has 8 nitrogen and oxygen atoms in total. The molecule has 1 fully saturated rings. The molecule has 0 unspecified atom stereocenters. The smallest absolute Gasteiger partial charge is 0.276 e. The molecule has 26 heavy (non-hydrogen) atoms. The number of nitrogens with zero attached hydrogens (tertiary/aromatic N) is 6. The molecule has 4 heterocycles. The summed E-state index contributed by atoms with van der Waals surface area (Å²) in [5, 5.41) is 11.9. The van der Waals surface area contributed by atoms with E-state index in [2.05, 4.69) is 20.5 Å². The van der Waals surface area contributed by atoms with E-state index in [4.69, 9.17) is 4.52 Å². The molecule has 9 heteroatoms. The van der Waals surface area contributed by atoms with Crippen molar-refractivity contribution in [2.24, 2.45) is 5.92 Å². The molecule has 3 aromatic heterocycles. The normalized spacial score (nSPS) is 14.5. The SMILES string of the molecule is Cc1conc1C(=O)N1CC(CCn2cc(-c3ccc(F)cn3)nn2)C1. The average molecular weight is 356 g/mol. The van der Waals surface area contributed by atoms with Crippen LogP contribution in [-0.2, 0) is 6.54 Å². The van der Waals surface area contributed by atoms with Crippen molar-refractivity contribution < 1.29 is 13.7 Å². The predicted molar refractivity (Wildman–Crippen MR) is 88.5 cm³/mol. The molecular formula is C17H17FN6O2.